The van der Waals surface area contributed by atoms with E-state index in [9.17, 15) is 8.78 Å². The fraction of sp³-hybridized carbons (Fsp3) is 0.571. The van der Waals surface area contributed by atoms with Gasteiger partial charge in [0.15, 0.2) is 0 Å². The molecule has 1 aromatic carbocycles. The summed E-state index contributed by atoms with van der Waals surface area (Å²) in [5, 5.41) is 12.3. The highest BCUT2D eigenvalue weighted by molar-refractivity contribution is 5.26. The van der Waals surface area contributed by atoms with E-state index < -0.39 is 22.6 Å². The van der Waals surface area contributed by atoms with Crippen molar-refractivity contribution < 1.29 is 13.9 Å². The molecular weight excluding hydrogens is 236 g/mol. The van der Waals surface area contributed by atoms with E-state index in [0.29, 0.717) is 12.1 Å². The van der Waals surface area contributed by atoms with Crippen LogP contribution in [0.3, 0.4) is 0 Å². The molecule has 0 atom stereocenters. The minimum atomic E-state index is -0.573. The van der Waals surface area contributed by atoms with E-state index in [0.717, 1.165) is 6.07 Å². The molecule has 2 N–H and O–H groups in total. The predicted octanol–water partition coefficient (Wildman–Crippen LogP) is 2.60. The molecule has 1 rings (SSSR count). The number of rotatable bonds is 5. The Kier molecular flexibility index (Phi) is 4.46. The Hall–Kier alpha value is -1.00. The molecule has 0 amide bonds. The maximum absolute atomic E-state index is 13.7. The molecule has 0 radical (unpaired) electrons. The molecule has 2 nitrogen and oxygen atoms in total. The number of halogens is 2. The topological polar surface area (TPSA) is 32.3 Å². The number of benzene rings is 1. The van der Waals surface area contributed by atoms with Crippen LogP contribution in [0.15, 0.2) is 18.2 Å². The number of aliphatic hydroxyl groups excluding tert-OH is 1. The minimum absolute atomic E-state index is 0.00498. The van der Waals surface area contributed by atoms with Crippen LogP contribution in [0, 0.1) is 11.6 Å². The highest BCUT2D eigenvalue weighted by atomic mass is 19.1. The molecular formula is C14H21F2NO. The number of nitrogens with one attached hydrogen (secondary N) is 1. The molecule has 0 aliphatic heterocycles. The summed E-state index contributed by atoms with van der Waals surface area (Å²) in [6.07, 6.45) is 0. The fourth-order valence-corrected chi connectivity index (χ4v) is 1.65. The van der Waals surface area contributed by atoms with E-state index in [4.69, 9.17) is 5.11 Å². The molecule has 0 saturated heterocycles. The van der Waals surface area contributed by atoms with Crippen LogP contribution in [0.2, 0.25) is 0 Å². The van der Waals surface area contributed by atoms with Crippen LogP contribution in [-0.2, 0) is 5.41 Å². The van der Waals surface area contributed by atoms with Crippen molar-refractivity contribution in [1.82, 2.24) is 5.32 Å². The second-order valence-corrected chi connectivity index (χ2v) is 5.90. The summed E-state index contributed by atoms with van der Waals surface area (Å²) < 4.78 is 26.6. The Balaban J connectivity index is 2.86. The van der Waals surface area contributed by atoms with Gasteiger partial charge in [-0.25, -0.2) is 8.78 Å². The summed E-state index contributed by atoms with van der Waals surface area (Å²) in [4.78, 5) is 0. The molecule has 0 bridgehead atoms. The average Bonchev–Trinajstić information content (AvgIpc) is 2.26. The largest absolute Gasteiger partial charge is 0.394 e. The lowest BCUT2D eigenvalue weighted by molar-refractivity contribution is 0.181. The summed E-state index contributed by atoms with van der Waals surface area (Å²) in [7, 11) is 0. The van der Waals surface area contributed by atoms with Crippen LogP contribution >= 0.6 is 0 Å². The summed E-state index contributed by atoms with van der Waals surface area (Å²) in [5.41, 5.74) is -0.442. The van der Waals surface area contributed by atoms with Gasteiger partial charge >= 0.3 is 0 Å². The molecule has 0 spiro atoms. The van der Waals surface area contributed by atoms with Gasteiger partial charge < -0.3 is 10.4 Å². The summed E-state index contributed by atoms with van der Waals surface area (Å²) in [6, 6.07) is 3.63. The third-order valence-corrected chi connectivity index (χ3v) is 3.06. The molecule has 1 aromatic rings. The quantitative estimate of drug-likeness (QED) is 0.850. The summed E-state index contributed by atoms with van der Waals surface area (Å²) in [6.45, 7) is 7.97. The summed E-state index contributed by atoms with van der Waals surface area (Å²) in [5.74, 6) is -1.11. The molecule has 0 aliphatic rings. The standard InChI is InChI=1S/C14H21F2NO/c1-13(2,8-17-14(3,4)9-18)11-6-5-10(15)7-12(11)16/h5-7,17-18H,8-9H2,1-4H3. The SMILES string of the molecule is CC(C)(CO)NCC(C)(C)c1ccc(F)cc1F. The lowest BCUT2D eigenvalue weighted by Crippen LogP contribution is -2.48. The maximum atomic E-state index is 13.7. The molecule has 18 heavy (non-hydrogen) atoms. The summed E-state index contributed by atoms with van der Waals surface area (Å²) >= 11 is 0. The lowest BCUT2D eigenvalue weighted by Gasteiger charge is -2.32. The van der Waals surface area contributed by atoms with Gasteiger partial charge in [0.2, 0.25) is 0 Å². The second kappa shape index (κ2) is 5.33. The predicted molar refractivity (Wildman–Crippen MR) is 68.6 cm³/mol. The monoisotopic (exact) mass is 257 g/mol. The smallest absolute Gasteiger partial charge is 0.129 e. The van der Waals surface area contributed by atoms with Gasteiger partial charge in [0, 0.05) is 23.6 Å². The molecule has 0 aliphatic carbocycles. The maximum Gasteiger partial charge on any atom is 0.129 e. The molecule has 102 valence electrons. The molecule has 0 fully saturated rings. The van der Waals surface area contributed by atoms with Crippen molar-refractivity contribution in [1.29, 1.82) is 0 Å². The van der Waals surface area contributed by atoms with Gasteiger partial charge in [0.1, 0.15) is 11.6 Å². The van der Waals surface area contributed by atoms with Crippen LogP contribution in [0.1, 0.15) is 33.3 Å². The third-order valence-electron chi connectivity index (χ3n) is 3.06. The van der Waals surface area contributed by atoms with Crippen molar-refractivity contribution in [3.8, 4) is 0 Å². The fourth-order valence-electron chi connectivity index (χ4n) is 1.65. The van der Waals surface area contributed by atoms with Gasteiger partial charge in [-0.2, -0.15) is 0 Å². The van der Waals surface area contributed by atoms with Gasteiger partial charge in [-0.1, -0.05) is 19.9 Å². The van der Waals surface area contributed by atoms with Crippen molar-refractivity contribution in [2.45, 2.75) is 38.6 Å². The highest BCUT2D eigenvalue weighted by Crippen LogP contribution is 2.26. The first kappa shape index (κ1) is 15.1. The van der Waals surface area contributed by atoms with Crippen LogP contribution in [0.5, 0.6) is 0 Å². The Morgan fingerprint density at radius 1 is 1.17 bits per heavy atom. The van der Waals surface area contributed by atoms with Gasteiger partial charge in [0.25, 0.3) is 0 Å². The molecule has 0 heterocycles. The molecule has 0 unspecified atom stereocenters. The Morgan fingerprint density at radius 3 is 2.28 bits per heavy atom. The number of hydrogen-bond acceptors (Lipinski definition) is 2. The van der Waals surface area contributed by atoms with Gasteiger partial charge in [-0.05, 0) is 25.5 Å². The highest BCUT2D eigenvalue weighted by Gasteiger charge is 2.27. The average molecular weight is 257 g/mol. The van der Waals surface area contributed by atoms with E-state index in [1.807, 2.05) is 27.7 Å². The van der Waals surface area contributed by atoms with Crippen LogP contribution in [0.25, 0.3) is 0 Å². The van der Waals surface area contributed by atoms with Gasteiger partial charge in [-0.15, -0.1) is 0 Å². The van der Waals surface area contributed by atoms with Crippen molar-refractivity contribution in [2.75, 3.05) is 13.2 Å². The molecule has 4 heteroatoms. The first-order valence-electron chi connectivity index (χ1n) is 5.99. The lowest BCUT2D eigenvalue weighted by atomic mass is 9.83. The zero-order valence-corrected chi connectivity index (χ0v) is 11.3. The van der Waals surface area contributed by atoms with E-state index in [1.165, 1.54) is 12.1 Å². The van der Waals surface area contributed by atoms with Crippen molar-refractivity contribution in [3.63, 3.8) is 0 Å². The van der Waals surface area contributed by atoms with Crippen LogP contribution in [-0.4, -0.2) is 23.8 Å². The van der Waals surface area contributed by atoms with Crippen molar-refractivity contribution in [2.24, 2.45) is 0 Å². The van der Waals surface area contributed by atoms with Crippen LogP contribution in [0.4, 0.5) is 8.78 Å². The second-order valence-electron chi connectivity index (χ2n) is 5.90. The third kappa shape index (κ3) is 3.75. The minimum Gasteiger partial charge on any atom is -0.394 e. The van der Waals surface area contributed by atoms with Crippen molar-refractivity contribution in [3.05, 3.63) is 35.4 Å². The Morgan fingerprint density at radius 2 is 1.78 bits per heavy atom. The number of aliphatic hydroxyl groups is 1. The zero-order chi connectivity index (χ0) is 14.0. The first-order valence-corrected chi connectivity index (χ1v) is 5.99. The number of hydrogen-bond donors (Lipinski definition) is 2. The molecule has 0 saturated carbocycles. The molecule has 0 aromatic heterocycles. The van der Waals surface area contributed by atoms with Gasteiger partial charge in [-0.3, -0.25) is 0 Å². The van der Waals surface area contributed by atoms with Crippen molar-refractivity contribution >= 4 is 0 Å². The first-order chi connectivity index (χ1) is 8.18. The Labute approximate surface area is 107 Å². The van der Waals surface area contributed by atoms with E-state index in [-0.39, 0.29) is 6.61 Å². The van der Waals surface area contributed by atoms with E-state index >= 15 is 0 Å². The van der Waals surface area contributed by atoms with Gasteiger partial charge in [0.05, 0.1) is 6.61 Å². The Bertz CT molecular complexity index is 416. The van der Waals surface area contributed by atoms with E-state index in [1.54, 1.807) is 0 Å². The normalized spacial score (nSPS) is 12.8. The van der Waals surface area contributed by atoms with E-state index in [2.05, 4.69) is 5.32 Å². The zero-order valence-electron chi connectivity index (χ0n) is 11.3. The van der Waals surface area contributed by atoms with Crippen LogP contribution < -0.4 is 5.32 Å².